The number of aliphatic hydroxyl groups excluding tert-OH is 1. The maximum Gasteiger partial charge on any atom is 0.261 e. The Balaban J connectivity index is 1.77. The number of ether oxygens (including phenoxy) is 1. The molecule has 0 saturated carbocycles. The lowest BCUT2D eigenvalue weighted by molar-refractivity contribution is -0.0730. The highest BCUT2D eigenvalue weighted by Crippen LogP contribution is 2.23. The van der Waals surface area contributed by atoms with Crippen molar-refractivity contribution in [2.45, 2.75) is 20.3 Å². The molecule has 0 fully saturated rings. The SMILES string of the molecule is CCOC(O)Nc1ccc(C(=O)Nc2nc(C)nc(-c3ccccn3)n2)c(O)c1. The molecule has 1 atom stereocenters. The molecule has 0 aliphatic carbocycles. The van der Waals surface area contributed by atoms with Gasteiger partial charge in [-0.05, 0) is 38.1 Å². The molecule has 1 amide bonds. The molecule has 3 rings (SSSR count). The molecule has 0 saturated heterocycles. The fourth-order valence-corrected chi connectivity index (χ4v) is 2.47. The zero-order valence-electron chi connectivity index (χ0n) is 15.8. The first-order valence-electron chi connectivity index (χ1n) is 8.81. The van der Waals surface area contributed by atoms with Gasteiger partial charge in [0, 0.05) is 24.6 Å². The molecule has 0 aliphatic rings. The zero-order chi connectivity index (χ0) is 20.8. The number of carbonyl (C=O) groups is 1. The van der Waals surface area contributed by atoms with E-state index in [1.54, 1.807) is 38.2 Å². The summed E-state index contributed by atoms with van der Waals surface area (Å²) in [5, 5.41) is 25.0. The van der Waals surface area contributed by atoms with Crippen LogP contribution >= 0.6 is 0 Å². The number of phenols is 1. The van der Waals surface area contributed by atoms with Gasteiger partial charge in [0.25, 0.3) is 5.91 Å². The molecule has 0 spiro atoms. The summed E-state index contributed by atoms with van der Waals surface area (Å²) in [6.07, 6.45) is 0.389. The minimum absolute atomic E-state index is 0.0129. The molecule has 4 N–H and O–H groups in total. The van der Waals surface area contributed by atoms with Crippen molar-refractivity contribution in [2.75, 3.05) is 17.2 Å². The van der Waals surface area contributed by atoms with Crippen LogP contribution < -0.4 is 10.6 Å². The number of amides is 1. The van der Waals surface area contributed by atoms with Gasteiger partial charge < -0.3 is 20.3 Å². The van der Waals surface area contributed by atoms with Crippen LogP contribution in [-0.4, -0.2) is 49.1 Å². The summed E-state index contributed by atoms with van der Waals surface area (Å²) >= 11 is 0. The van der Waals surface area contributed by atoms with Crippen LogP contribution in [0.4, 0.5) is 11.6 Å². The fraction of sp³-hybridized carbons (Fsp3) is 0.211. The standard InChI is InChI=1S/C19H20N6O4/c1-3-29-19(28)23-12-7-8-13(15(26)10-12)17(27)25-18-22-11(2)21-16(24-18)14-6-4-5-9-20-14/h4-10,19,23,26,28H,3H2,1-2H3,(H,21,22,24,25,27). The number of carbonyl (C=O) groups excluding carboxylic acids is 1. The zero-order valence-corrected chi connectivity index (χ0v) is 15.8. The number of pyridine rings is 1. The van der Waals surface area contributed by atoms with Crippen molar-refractivity contribution in [3.8, 4) is 17.3 Å². The number of hydrogen-bond donors (Lipinski definition) is 4. The highest BCUT2D eigenvalue weighted by molar-refractivity contribution is 6.05. The van der Waals surface area contributed by atoms with E-state index < -0.39 is 12.3 Å². The molecule has 2 aromatic heterocycles. The Morgan fingerprint density at radius 1 is 1.21 bits per heavy atom. The number of hydrogen-bond acceptors (Lipinski definition) is 9. The molecule has 0 bridgehead atoms. The normalized spacial score (nSPS) is 11.7. The van der Waals surface area contributed by atoms with E-state index in [0.717, 1.165) is 0 Å². The molecule has 29 heavy (non-hydrogen) atoms. The Bertz CT molecular complexity index is 999. The summed E-state index contributed by atoms with van der Waals surface area (Å²) in [6, 6.07) is 9.54. The van der Waals surface area contributed by atoms with Crippen LogP contribution in [0, 0.1) is 6.92 Å². The summed E-state index contributed by atoms with van der Waals surface area (Å²) in [7, 11) is 0. The van der Waals surface area contributed by atoms with Crippen LogP contribution in [0.3, 0.4) is 0 Å². The molecule has 0 aliphatic heterocycles. The van der Waals surface area contributed by atoms with E-state index in [-0.39, 0.29) is 17.3 Å². The number of benzene rings is 1. The Kier molecular flexibility index (Phi) is 6.27. The summed E-state index contributed by atoms with van der Waals surface area (Å²) in [5.41, 5.74) is 0.937. The van der Waals surface area contributed by atoms with Crippen LogP contribution in [0.25, 0.3) is 11.5 Å². The predicted octanol–water partition coefficient (Wildman–Crippen LogP) is 1.92. The third-order valence-electron chi connectivity index (χ3n) is 3.72. The Hall–Kier alpha value is -3.63. The predicted molar refractivity (Wildman–Crippen MR) is 105 cm³/mol. The van der Waals surface area contributed by atoms with E-state index in [1.807, 2.05) is 0 Å². The summed E-state index contributed by atoms with van der Waals surface area (Å²) in [5.74, 6) is -0.118. The van der Waals surface area contributed by atoms with Crippen molar-refractivity contribution in [1.82, 2.24) is 19.9 Å². The molecule has 1 unspecified atom stereocenters. The molecular formula is C19H20N6O4. The lowest BCUT2D eigenvalue weighted by Crippen LogP contribution is -2.22. The first-order chi connectivity index (χ1) is 14.0. The van der Waals surface area contributed by atoms with Crippen molar-refractivity contribution >= 4 is 17.5 Å². The van der Waals surface area contributed by atoms with Crippen molar-refractivity contribution in [3.05, 3.63) is 54.0 Å². The molecule has 3 aromatic rings. The Labute approximate surface area is 166 Å². The minimum atomic E-state index is -1.22. The second-order valence-electron chi connectivity index (χ2n) is 5.88. The van der Waals surface area contributed by atoms with Gasteiger partial charge in [0.1, 0.15) is 17.3 Å². The average molecular weight is 396 g/mol. The highest BCUT2D eigenvalue weighted by Gasteiger charge is 2.16. The Morgan fingerprint density at radius 2 is 2.03 bits per heavy atom. The van der Waals surface area contributed by atoms with E-state index in [9.17, 15) is 15.0 Å². The number of rotatable bonds is 7. The van der Waals surface area contributed by atoms with Gasteiger partial charge in [-0.3, -0.25) is 15.1 Å². The van der Waals surface area contributed by atoms with Crippen molar-refractivity contribution in [3.63, 3.8) is 0 Å². The van der Waals surface area contributed by atoms with Gasteiger partial charge in [0.05, 0.1) is 5.56 Å². The number of phenolic OH excluding ortho intramolecular Hbond substituents is 1. The molecule has 10 heteroatoms. The summed E-state index contributed by atoms with van der Waals surface area (Å²) in [4.78, 5) is 29.3. The highest BCUT2D eigenvalue weighted by atomic mass is 16.6. The van der Waals surface area contributed by atoms with Crippen molar-refractivity contribution < 1.29 is 19.7 Å². The number of aromatic hydroxyl groups is 1. The number of aryl methyl sites for hydroxylation is 1. The van der Waals surface area contributed by atoms with Gasteiger partial charge in [0.15, 0.2) is 5.82 Å². The smallest absolute Gasteiger partial charge is 0.261 e. The second-order valence-corrected chi connectivity index (χ2v) is 5.88. The number of nitrogens with zero attached hydrogens (tertiary/aromatic N) is 4. The molecule has 10 nitrogen and oxygen atoms in total. The third-order valence-corrected chi connectivity index (χ3v) is 3.72. The molecule has 2 heterocycles. The molecule has 1 aromatic carbocycles. The maximum atomic E-state index is 12.5. The van der Waals surface area contributed by atoms with Crippen molar-refractivity contribution in [1.29, 1.82) is 0 Å². The van der Waals surface area contributed by atoms with E-state index in [1.165, 1.54) is 18.2 Å². The second kappa shape index (κ2) is 9.04. The molecule has 150 valence electrons. The summed E-state index contributed by atoms with van der Waals surface area (Å²) < 4.78 is 4.96. The van der Waals surface area contributed by atoms with E-state index in [4.69, 9.17) is 4.74 Å². The summed E-state index contributed by atoms with van der Waals surface area (Å²) in [6.45, 7) is 3.72. The average Bonchev–Trinajstić information content (AvgIpc) is 2.68. The quantitative estimate of drug-likeness (QED) is 0.440. The monoisotopic (exact) mass is 396 g/mol. The number of aliphatic hydroxyl groups is 1. The topological polar surface area (TPSA) is 142 Å². The fourth-order valence-electron chi connectivity index (χ4n) is 2.47. The van der Waals surface area contributed by atoms with Crippen LogP contribution in [0.15, 0.2) is 42.6 Å². The number of aromatic nitrogens is 4. The lowest BCUT2D eigenvalue weighted by Gasteiger charge is -2.14. The third kappa shape index (κ3) is 5.21. The van der Waals surface area contributed by atoms with E-state index in [0.29, 0.717) is 29.6 Å². The van der Waals surface area contributed by atoms with Gasteiger partial charge in [-0.2, -0.15) is 9.97 Å². The van der Waals surface area contributed by atoms with Crippen LogP contribution in [0.2, 0.25) is 0 Å². The minimum Gasteiger partial charge on any atom is -0.507 e. The Morgan fingerprint density at radius 3 is 2.72 bits per heavy atom. The number of nitrogens with one attached hydrogen (secondary N) is 2. The van der Waals surface area contributed by atoms with Gasteiger partial charge in [-0.1, -0.05) is 6.07 Å². The van der Waals surface area contributed by atoms with Gasteiger partial charge >= 0.3 is 0 Å². The van der Waals surface area contributed by atoms with Crippen LogP contribution in [-0.2, 0) is 4.74 Å². The van der Waals surface area contributed by atoms with Crippen LogP contribution in [0.1, 0.15) is 23.1 Å². The van der Waals surface area contributed by atoms with Gasteiger partial charge in [-0.15, -0.1) is 0 Å². The van der Waals surface area contributed by atoms with E-state index in [2.05, 4.69) is 30.6 Å². The van der Waals surface area contributed by atoms with E-state index >= 15 is 0 Å². The van der Waals surface area contributed by atoms with Gasteiger partial charge in [0.2, 0.25) is 12.4 Å². The first-order valence-corrected chi connectivity index (χ1v) is 8.81. The van der Waals surface area contributed by atoms with Gasteiger partial charge in [-0.25, -0.2) is 4.98 Å². The largest absolute Gasteiger partial charge is 0.507 e. The lowest BCUT2D eigenvalue weighted by atomic mass is 10.1. The maximum absolute atomic E-state index is 12.5. The first kappa shape index (κ1) is 20.1. The van der Waals surface area contributed by atoms with Crippen molar-refractivity contribution in [2.24, 2.45) is 0 Å². The number of anilines is 2. The van der Waals surface area contributed by atoms with Crippen LogP contribution in [0.5, 0.6) is 5.75 Å². The molecular weight excluding hydrogens is 376 g/mol. The molecule has 0 radical (unpaired) electrons.